The van der Waals surface area contributed by atoms with Gasteiger partial charge in [0.25, 0.3) is 0 Å². The molecule has 0 saturated heterocycles. The van der Waals surface area contributed by atoms with Crippen molar-refractivity contribution >= 4 is 21.8 Å². The fourth-order valence-corrected chi connectivity index (χ4v) is 7.94. The van der Waals surface area contributed by atoms with Crippen molar-refractivity contribution in [2.75, 3.05) is 0 Å². The first-order valence-corrected chi connectivity index (χ1v) is 19.7. The van der Waals surface area contributed by atoms with Crippen LogP contribution in [-0.2, 0) is 17.8 Å². The molecule has 2 heterocycles. The van der Waals surface area contributed by atoms with Crippen LogP contribution < -0.4 is 0 Å². The second-order valence-corrected chi connectivity index (χ2v) is 16.1. The average Bonchev–Trinajstić information content (AvgIpc) is 3.59. The van der Waals surface area contributed by atoms with E-state index in [-0.39, 0.29) is 22.4 Å². The fraction of sp³-hybridized carbons (Fsp3) is 0.115. The Labute approximate surface area is 348 Å². The van der Waals surface area contributed by atoms with Gasteiger partial charge in [0.15, 0.2) is 5.82 Å². The number of para-hydroxylation sites is 1. The first kappa shape index (κ1) is 39.5. The van der Waals surface area contributed by atoms with Gasteiger partial charge >= 0.3 is 12.4 Å². The van der Waals surface area contributed by atoms with Crippen LogP contribution in [0, 0.1) is 0 Å². The molecule has 302 valence electrons. The van der Waals surface area contributed by atoms with Gasteiger partial charge in [-0.1, -0.05) is 130 Å². The quantitative estimate of drug-likeness (QED) is 0.157. The summed E-state index contributed by atoms with van der Waals surface area (Å²) in [5.41, 5.74) is 5.27. The molecule has 0 radical (unpaired) electrons. The van der Waals surface area contributed by atoms with Crippen LogP contribution >= 0.6 is 0 Å². The molecule has 0 aliphatic heterocycles. The van der Waals surface area contributed by atoms with Crippen LogP contribution in [0.15, 0.2) is 170 Å². The number of nitrogens with zero attached hydrogens (tertiary/aromatic N) is 3. The Balaban J connectivity index is 1.45. The van der Waals surface area contributed by atoms with E-state index in [4.69, 9.17) is 9.97 Å². The van der Waals surface area contributed by atoms with Gasteiger partial charge in [-0.05, 0) is 82.8 Å². The lowest BCUT2D eigenvalue weighted by atomic mass is 9.86. The van der Waals surface area contributed by atoms with Crippen LogP contribution in [-0.4, -0.2) is 14.5 Å². The minimum atomic E-state index is -4.68. The summed E-state index contributed by atoms with van der Waals surface area (Å²) in [7, 11) is 0. The molecule has 0 fully saturated rings. The van der Waals surface area contributed by atoms with Crippen LogP contribution in [0.2, 0.25) is 0 Å². The van der Waals surface area contributed by atoms with Gasteiger partial charge in [-0.25, -0.2) is 9.97 Å². The maximum Gasteiger partial charge on any atom is 0.416 e. The lowest BCUT2D eigenvalue weighted by molar-refractivity contribution is -0.138. The van der Waals surface area contributed by atoms with Crippen molar-refractivity contribution in [3.8, 4) is 61.8 Å². The molecular formula is C52H37F6N3. The number of fused-ring (bicyclic) bond motifs is 3. The maximum atomic E-state index is 14.5. The van der Waals surface area contributed by atoms with Crippen LogP contribution in [0.3, 0.4) is 0 Å². The van der Waals surface area contributed by atoms with Gasteiger partial charge in [0.1, 0.15) is 0 Å². The Morgan fingerprint density at radius 3 is 1.38 bits per heavy atom. The topological polar surface area (TPSA) is 30.7 Å². The van der Waals surface area contributed by atoms with Gasteiger partial charge < -0.3 is 4.57 Å². The number of aromatic nitrogens is 3. The Hall–Kier alpha value is -7.00. The van der Waals surface area contributed by atoms with E-state index in [9.17, 15) is 26.3 Å². The number of benzene rings is 7. The SMILES string of the molecule is CC(C)(C)c1ccc2c(c1)c1ccccc1n2-c1c(-c2cccc(C(F)(F)F)c2)cc(-c2nc(-c3ccccc3)cc(-c3ccccc3)n2)cc1-c1cccc(C(F)(F)F)c1. The van der Waals surface area contributed by atoms with E-state index in [0.717, 1.165) is 62.8 Å². The molecule has 0 amide bonds. The molecule has 9 rings (SSSR count). The van der Waals surface area contributed by atoms with Crippen molar-refractivity contribution in [3.05, 3.63) is 187 Å². The largest absolute Gasteiger partial charge is 0.416 e. The highest BCUT2D eigenvalue weighted by atomic mass is 19.4. The number of hydrogen-bond acceptors (Lipinski definition) is 2. The molecular weight excluding hydrogens is 781 g/mol. The summed E-state index contributed by atoms with van der Waals surface area (Å²) in [5.74, 6) is 0.241. The maximum absolute atomic E-state index is 14.5. The standard InChI is InChI=1S/C52H37F6N3/c1-50(2,3)37-24-25-47-43(30-37)40-22-10-11-23-46(40)61(47)48-41(34-18-12-20-38(26-34)51(53,54)55)28-36(29-42(48)35-19-13-21-39(27-35)52(56,57)58)49-59-44(32-14-6-4-7-15-32)31-45(60-49)33-16-8-5-9-17-33/h4-31H,1-3H3. The highest BCUT2D eigenvalue weighted by molar-refractivity contribution is 6.11. The zero-order valence-corrected chi connectivity index (χ0v) is 33.3. The molecule has 0 spiro atoms. The molecule has 7 aromatic carbocycles. The first-order valence-electron chi connectivity index (χ1n) is 19.7. The van der Waals surface area contributed by atoms with Gasteiger partial charge in [-0.2, -0.15) is 26.3 Å². The number of alkyl halides is 6. The van der Waals surface area contributed by atoms with Crippen molar-refractivity contribution < 1.29 is 26.3 Å². The molecule has 0 unspecified atom stereocenters. The Kier molecular flexibility index (Phi) is 9.65. The predicted octanol–water partition coefficient (Wildman–Crippen LogP) is 15.2. The molecule has 0 aliphatic rings. The fourth-order valence-electron chi connectivity index (χ4n) is 7.94. The predicted molar refractivity (Wildman–Crippen MR) is 232 cm³/mol. The average molecular weight is 818 g/mol. The lowest BCUT2D eigenvalue weighted by Crippen LogP contribution is -2.10. The smallest absolute Gasteiger partial charge is 0.308 e. The van der Waals surface area contributed by atoms with E-state index in [1.807, 2.05) is 108 Å². The van der Waals surface area contributed by atoms with Crippen molar-refractivity contribution in [2.24, 2.45) is 0 Å². The Bertz CT molecular complexity index is 2950. The Morgan fingerprint density at radius 1 is 0.393 bits per heavy atom. The van der Waals surface area contributed by atoms with Crippen molar-refractivity contribution in [2.45, 2.75) is 38.5 Å². The van der Waals surface area contributed by atoms with Crippen LogP contribution in [0.5, 0.6) is 0 Å². The van der Waals surface area contributed by atoms with Gasteiger partial charge in [-0.3, -0.25) is 0 Å². The summed E-state index contributed by atoms with van der Waals surface area (Å²) < 4.78 is 89.2. The van der Waals surface area contributed by atoms with E-state index in [0.29, 0.717) is 33.8 Å². The summed E-state index contributed by atoms with van der Waals surface area (Å²) >= 11 is 0. The van der Waals surface area contributed by atoms with E-state index in [2.05, 4.69) is 26.8 Å². The molecule has 0 saturated carbocycles. The molecule has 9 aromatic rings. The highest BCUT2D eigenvalue weighted by Crippen LogP contribution is 2.46. The summed E-state index contributed by atoms with van der Waals surface area (Å²) in [6.45, 7) is 6.34. The second kappa shape index (κ2) is 14.9. The van der Waals surface area contributed by atoms with Crippen molar-refractivity contribution in [1.29, 1.82) is 0 Å². The zero-order valence-electron chi connectivity index (χ0n) is 33.3. The minimum absolute atomic E-state index is 0.208. The second-order valence-electron chi connectivity index (χ2n) is 16.1. The molecule has 0 atom stereocenters. The first-order chi connectivity index (χ1) is 29.1. The molecule has 9 heteroatoms. The third-order valence-corrected chi connectivity index (χ3v) is 11.0. The number of hydrogen-bond donors (Lipinski definition) is 0. The third-order valence-electron chi connectivity index (χ3n) is 11.0. The molecule has 0 aliphatic carbocycles. The van der Waals surface area contributed by atoms with Gasteiger partial charge in [0.2, 0.25) is 0 Å². The summed E-state index contributed by atoms with van der Waals surface area (Å²) in [4.78, 5) is 10.1. The van der Waals surface area contributed by atoms with Crippen molar-refractivity contribution in [1.82, 2.24) is 14.5 Å². The van der Waals surface area contributed by atoms with Crippen LogP contribution in [0.4, 0.5) is 26.3 Å². The summed E-state index contributed by atoms with van der Waals surface area (Å²) in [6.07, 6.45) is -9.35. The molecule has 2 aromatic heterocycles. The van der Waals surface area contributed by atoms with E-state index in [1.54, 1.807) is 24.3 Å². The van der Waals surface area contributed by atoms with Gasteiger partial charge in [0, 0.05) is 38.6 Å². The van der Waals surface area contributed by atoms with E-state index in [1.165, 1.54) is 12.1 Å². The summed E-state index contributed by atoms with van der Waals surface area (Å²) in [6, 6.07) is 48.3. The molecule has 0 bridgehead atoms. The minimum Gasteiger partial charge on any atom is -0.308 e. The van der Waals surface area contributed by atoms with Crippen LogP contribution in [0.25, 0.3) is 83.6 Å². The number of rotatable bonds is 6. The third kappa shape index (κ3) is 7.56. The highest BCUT2D eigenvalue weighted by Gasteiger charge is 2.33. The molecule has 3 nitrogen and oxygen atoms in total. The zero-order chi connectivity index (χ0) is 42.7. The summed E-state index contributed by atoms with van der Waals surface area (Å²) in [5, 5.41) is 1.77. The van der Waals surface area contributed by atoms with Gasteiger partial charge in [0.05, 0.1) is 39.2 Å². The van der Waals surface area contributed by atoms with Gasteiger partial charge in [-0.15, -0.1) is 0 Å². The Morgan fingerprint density at radius 2 is 0.869 bits per heavy atom. The lowest BCUT2D eigenvalue weighted by Gasteiger charge is -2.22. The molecule has 0 N–H and O–H groups in total. The monoisotopic (exact) mass is 817 g/mol. The number of halogens is 6. The molecule has 61 heavy (non-hydrogen) atoms. The van der Waals surface area contributed by atoms with Crippen molar-refractivity contribution in [3.63, 3.8) is 0 Å². The van der Waals surface area contributed by atoms with E-state index < -0.39 is 23.5 Å². The van der Waals surface area contributed by atoms with Crippen LogP contribution in [0.1, 0.15) is 37.5 Å². The van der Waals surface area contributed by atoms with E-state index >= 15 is 0 Å². The normalized spacial score (nSPS) is 12.3.